The molecule has 1 unspecified atom stereocenters. The molecule has 0 saturated heterocycles. The molecule has 0 spiro atoms. The lowest BCUT2D eigenvalue weighted by molar-refractivity contribution is 0.557. The molecule has 5 nitrogen and oxygen atoms in total. The fourth-order valence-corrected chi connectivity index (χ4v) is 4.46. The van der Waals surface area contributed by atoms with Crippen molar-refractivity contribution < 1.29 is 0 Å². The lowest BCUT2D eigenvalue weighted by Crippen LogP contribution is -2.13. The Hall–Kier alpha value is -1.05. The van der Waals surface area contributed by atoms with Crippen LogP contribution < -0.4 is 5.73 Å². The van der Waals surface area contributed by atoms with Crippen molar-refractivity contribution in [3.05, 3.63) is 29.8 Å². The molecule has 0 radical (unpaired) electrons. The summed E-state index contributed by atoms with van der Waals surface area (Å²) in [4.78, 5) is 1.41. The molecule has 1 aromatic carbocycles. The van der Waals surface area contributed by atoms with Crippen LogP contribution >= 0.6 is 23.5 Å². The van der Waals surface area contributed by atoms with Crippen LogP contribution in [0.2, 0.25) is 0 Å². The second-order valence-corrected chi connectivity index (χ2v) is 6.67. The topological polar surface area (TPSA) is 69.6 Å². The standard InChI is InChI=1S/C12H15N5S2/c13-5-6-17-12(14-15-16-17)18-8-10-7-9-3-1-2-4-11(9)19-10/h1-4,10H,5-8,13H2. The molecule has 0 amide bonds. The Morgan fingerprint density at radius 1 is 1.42 bits per heavy atom. The second kappa shape index (κ2) is 5.94. The van der Waals surface area contributed by atoms with E-state index in [2.05, 4.69) is 39.8 Å². The van der Waals surface area contributed by atoms with E-state index in [1.165, 1.54) is 10.5 Å². The van der Waals surface area contributed by atoms with Gasteiger partial charge in [-0.1, -0.05) is 30.0 Å². The maximum atomic E-state index is 5.53. The molecule has 2 N–H and O–H groups in total. The molecular formula is C12H15N5S2. The summed E-state index contributed by atoms with van der Waals surface area (Å²) in [6, 6.07) is 8.62. The summed E-state index contributed by atoms with van der Waals surface area (Å²) in [7, 11) is 0. The fourth-order valence-electron chi connectivity index (χ4n) is 2.08. The summed E-state index contributed by atoms with van der Waals surface area (Å²) in [6.45, 7) is 1.23. The number of benzene rings is 1. The zero-order valence-electron chi connectivity index (χ0n) is 10.4. The highest BCUT2D eigenvalue weighted by Gasteiger charge is 2.22. The first kappa shape index (κ1) is 13.0. The minimum atomic E-state index is 0.558. The van der Waals surface area contributed by atoms with Crippen LogP contribution in [0.4, 0.5) is 0 Å². The number of rotatable bonds is 5. The van der Waals surface area contributed by atoms with E-state index in [1.807, 2.05) is 11.8 Å². The molecule has 2 aromatic rings. The summed E-state index contributed by atoms with van der Waals surface area (Å²) >= 11 is 3.67. The molecule has 0 bridgehead atoms. The third-order valence-electron chi connectivity index (χ3n) is 2.95. The van der Waals surface area contributed by atoms with Gasteiger partial charge in [0.25, 0.3) is 0 Å². The van der Waals surface area contributed by atoms with Crippen molar-refractivity contribution in [2.45, 2.75) is 28.3 Å². The van der Waals surface area contributed by atoms with Crippen LogP contribution in [-0.4, -0.2) is 37.8 Å². The van der Waals surface area contributed by atoms with E-state index in [0.29, 0.717) is 18.3 Å². The van der Waals surface area contributed by atoms with Crippen LogP contribution in [0.3, 0.4) is 0 Å². The number of nitrogens with two attached hydrogens (primary N) is 1. The van der Waals surface area contributed by atoms with Gasteiger partial charge in [-0.2, -0.15) is 0 Å². The average Bonchev–Trinajstić information content (AvgIpc) is 3.02. The molecule has 0 aliphatic carbocycles. The molecule has 0 fully saturated rings. The molecular weight excluding hydrogens is 278 g/mol. The van der Waals surface area contributed by atoms with Crippen LogP contribution in [0.1, 0.15) is 5.56 Å². The number of hydrogen-bond acceptors (Lipinski definition) is 6. The van der Waals surface area contributed by atoms with Gasteiger partial charge in [0.05, 0.1) is 6.54 Å². The van der Waals surface area contributed by atoms with E-state index >= 15 is 0 Å². The van der Waals surface area contributed by atoms with Crippen molar-refractivity contribution in [2.24, 2.45) is 5.73 Å². The van der Waals surface area contributed by atoms with Crippen LogP contribution in [0.5, 0.6) is 0 Å². The number of aromatic nitrogens is 4. The highest BCUT2D eigenvalue weighted by Crippen LogP contribution is 2.38. The summed E-state index contributed by atoms with van der Waals surface area (Å²) in [5.41, 5.74) is 6.99. The van der Waals surface area contributed by atoms with Gasteiger partial charge in [0.2, 0.25) is 5.16 Å². The number of nitrogens with zero attached hydrogens (tertiary/aromatic N) is 4. The number of tetrazole rings is 1. The maximum Gasteiger partial charge on any atom is 0.209 e. The molecule has 1 atom stereocenters. The first-order valence-corrected chi connectivity index (χ1v) is 8.07. The van der Waals surface area contributed by atoms with Crippen molar-refractivity contribution in [1.82, 2.24) is 20.2 Å². The molecule has 100 valence electrons. The first-order chi connectivity index (χ1) is 9.36. The Morgan fingerprint density at radius 3 is 3.16 bits per heavy atom. The van der Waals surface area contributed by atoms with E-state index in [9.17, 15) is 0 Å². The molecule has 7 heteroatoms. The monoisotopic (exact) mass is 293 g/mol. The number of fused-ring (bicyclic) bond motifs is 1. The van der Waals surface area contributed by atoms with E-state index in [4.69, 9.17) is 5.73 Å². The van der Waals surface area contributed by atoms with Crippen LogP contribution in [0, 0.1) is 0 Å². The fraction of sp³-hybridized carbons (Fsp3) is 0.417. The smallest absolute Gasteiger partial charge is 0.209 e. The zero-order chi connectivity index (χ0) is 13.1. The third-order valence-corrected chi connectivity index (χ3v) is 5.60. The molecule has 0 saturated carbocycles. The van der Waals surface area contributed by atoms with Gasteiger partial charge in [-0.25, -0.2) is 4.68 Å². The highest BCUT2D eigenvalue weighted by atomic mass is 32.2. The molecule has 1 aliphatic heterocycles. The molecule has 3 rings (SSSR count). The Kier molecular flexibility index (Phi) is 4.05. The first-order valence-electron chi connectivity index (χ1n) is 6.20. The summed E-state index contributed by atoms with van der Waals surface area (Å²) in [5, 5.41) is 13.2. The summed E-state index contributed by atoms with van der Waals surface area (Å²) in [5.74, 6) is 1.02. The van der Waals surface area contributed by atoms with Crippen molar-refractivity contribution >= 4 is 23.5 Å². The van der Waals surface area contributed by atoms with Gasteiger partial charge >= 0.3 is 0 Å². The second-order valence-electron chi connectivity index (χ2n) is 4.34. The molecule has 1 aromatic heterocycles. The van der Waals surface area contributed by atoms with Gasteiger partial charge in [0.1, 0.15) is 0 Å². The largest absolute Gasteiger partial charge is 0.329 e. The molecule has 1 aliphatic rings. The van der Waals surface area contributed by atoms with Crippen molar-refractivity contribution in [3.8, 4) is 0 Å². The van der Waals surface area contributed by atoms with Gasteiger partial charge in [-0.05, 0) is 28.5 Å². The zero-order valence-corrected chi connectivity index (χ0v) is 12.0. The van der Waals surface area contributed by atoms with Crippen LogP contribution in [-0.2, 0) is 13.0 Å². The highest BCUT2D eigenvalue weighted by molar-refractivity contribution is 8.03. The molecule has 2 heterocycles. The predicted molar refractivity (Wildman–Crippen MR) is 77.4 cm³/mol. The average molecular weight is 293 g/mol. The normalized spacial score (nSPS) is 17.6. The SMILES string of the molecule is NCCn1nnnc1SCC1Cc2ccccc2S1. The van der Waals surface area contributed by atoms with Gasteiger partial charge in [-0.15, -0.1) is 16.9 Å². The van der Waals surface area contributed by atoms with Crippen molar-refractivity contribution in [3.63, 3.8) is 0 Å². The molecule has 19 heavy (non-hydrogen) atoms. The Labute approximate surface area is 120 Å². The number of hydrogen-bond donors (Lipinski definition) is 1. The van der Waals surface area contributed by atoms with Crippen LogP contribution in [0.25, 0.3) is 0 Å². The summed E-state index contributed by atoms with van der Waals surface area (Å²) < 4.78 is 1.78. The van der Waals surface area contributed by atoms with Crippen molar-refractivity contribution in [1.29, 1.82) is 0 Å². The van der Waals surface area contributed by atoms with Crippen LogP contribution in [0.15, 0.2) is 34.3 Å². The maximum absolute atomic E-state index is 5.53. The van der Waals surface area contributed by atoms with Gasteiger partial charge in [0, 0.05) is 22.4 Å². The minimum Gasteiger partial charge on any atom is -0.329 e. The lowest BCUT2D eigenvalue weighted by Gasteiger charge is -2.07. The minimum absolute atomic E-state index is 0.558. The van der Waals surface area contributed by atoms with E-state index in [-0.39, 0.29) is 0 Å². The van der Waals surface area contributed by atoms with Gasteiger partial charge < -0.3 is 5.73 Å². The van der Waals surface area contributed by atoms with E-state index < -0.39 is 0 Å². The summed E-state index contributed by atoms with van der Waals surface area (Å²) in [6.07, 6.45) is 1.13. The Bertz CT molecular complexity index is 532. The number of thioether (sulfide) groups is 2. The van der Waals surface area contributed by atoms with Crippen molar-refractivity contribution in [2.75, 3.05) is 12.3 Å². The lowest BCUT2D eigenvalue weighted by atomic mass is 10.1. The quantitative estimate of drug-likeness (QED) is 0.841. The Morgan fingerprint density at radius 2 is 2.32 bits per heavy atom. The van der Waals surface area contributed by atoms with E-state index in [1.54, 1.807) is 16.4 Å². The van der Waals surface area contributed by atoms with E-state index in [0.717, 1.165) is 17.3 Å². The van der Waals surface area contributed by atoms with Gasteiger partial charge in [0.15, 0.2) is 0 Å². The van der Waals surface area contributed by atoms with Gasteiger partial charge in [-0.3, -0.25) is 0 Å². The third kappa shape index (κ3) is 2.93. The predicted octanol–water partition coefficient (Wildman–Crippen LogP) is 1.44. The Balaban J connectivity index is 1.58.